The molecule has 2 saturated carbocycles. The van der Waals surface area contributed by atoms with Crippen molar-refractivity contribution in [2.24, 2.45) is 10.8 Å². The predicted octanol–water partition coefficient (Wildman–Crippen LogP) is 3.92. The van der Waals surface area contributed by atoms with Gasteiger partial charge in [-0.15, -0.1) is 0 Å². The van der Waals surface area contributed by atoms with Gasteiger partial charge >= 0.3 is 11.9 Å². The van der Waals surface area contributed by atoms with Crippen LogP contribution in [-0.2, 0) is 23.8 Å². The first-order valence-corrected chi connectivity index (χ1v) is 10.2. The minimum absolute atomic E-state index is 0.157. The van der Waals surface area contributed by atoms with Gasteiger partial charge in [0.1, 0.15) is 11.7 Å². The molecule has 0 N–H and O–H groups in total. The molecule has 0 amide bonds. The van der Waals surface area contributed by atoms with Crippen LogP contribution in [0.3, 0.4) is 0 Å². The van der Waals surface area contributed by atoms with E-state index in [4.69, 9.17) is 14.2 Å². The highest BCUT2D eigenvalue weighted by Crippen LogP contribution is 2.67. The van der Waals surface area contributed by atoms with Crippen molar-refractivity contribution in [3.63, 3.8) is 0 Å². The summed E-state index contributed by atoms with van der Waals surface area (Å²) in [7, 11) is 0. The quantitative estimate of drug-likeness (QED) is 0.406. The van der Waals surface area contributed by atoms with Gasteiger partial charge in [-0.05, 0) is 46.0 Å². The van der Waals surface area contributed by atoms with E-state index >= 15 is 0 Å². The molecule has 0 aromatic carbocycles. The van der Waals surface area contributed by atoms with Gasteiger partial charge in [0.05, 0.1) is 11.0 Å². The molecule has 2 bridgehead atoms. The van der Waals surface area contributed by atoms with Crippen LogP contribution in [0.5, 0.6) is 0 Å². The Bertz CT molecular complexity index is 657. The van der Waals surface area contributed by atoms with Gasteiger partial charge in [0.25, 0.3) is 0 Å². The molecule has 146 valence electrons. The summed E-state index contributed by atoms with van der Waals surface area (Å²) in [6.45, 7) is 10.2. The molecule has 4 aliphatic rings. The van der Waals surface area contributed by atoms with Crippen LogP contribution in [0.4, 0.5) is 0 Å². The number of epoxide rings is 1. The standard InChI is InChI=1S/C21H32O5/c1-6-7-8-10-20-14(9-11-19(20,5)26-20)24-16(23)21-13-12-18(4,15(22)25-21)17(21,2)3/h14H,6-13H2,1-5H3/t14-,18-,19-,20+,21-/m1/s1. The monoisotopic (exact) mass is 364 g/mol. The van der Waals surface area contributed by atoms with Crippen LogP contribution < -0.4 is 0 Å². The van der Waals surface area contributed by atoms with Crippen LogP contribution >= 0.6 is 0 Å². The Kier molecular flexibility index (Phi) is 3.68. The smallest absolute Gasteiger partial charge is 0.351 e. The molecule has 2 aliphatic heterocycles. The third kappa shape index (κ3) is 1.91. The van der Waals surface area contributed by atoms with E-state index in [1.54, 1.807) is 0 Å². The molecule has 2 aliphatic carbocycles. The maximum Gasteiger partial charge on any atom is 0.351 e. The molecule has 5 nitrogen and oxygen atoms in total. The highest BCUT2D eigenvalue weighted by molar-refractivity contribution is 5.93. The molecule has 26 heavy (non-hydrogen) atoms. The van der Waals surface area contributed by atoms with E-state index in [0.717, 1.165) is 38.5 Å². The number of carbonyl (C=O) groups excluding carboxylic acids is 2. The van der Waals surface area contributed by atoms with Gasteiger partial charge in [0, 0.05) is 5.41 Å². The normalized spacial score (nSPS) is 47.6. The molecule has 2 saturated heterocycles. The molecule has 5 atom stereocenters. The predicted molar refractivity (Wildman–Crippen MR) is 95.4 cm³/mol. The maximum absolute atomic E-state index is 13.3. The van der Waals surface area contributed by atoms with Crippen molar-refractivity contribution < 1.29 is 23.8 Å². The third-order valence-electron chi connectivity index (χ3n) is 8.48. The van der Waals surface area contributed by atoms with Crippen LogP contribution in [0.2, 0.25) is 0 Å². The van der Waals surface area contributed by atoms with Crippen molar-refractivity contribution in [3.8, 4) is 0 Å². The van der Waals surface area contributed by atoms with Gasteiger partial charge in [0.2, 0.25) is 5.60 Å². The number of carbonyl (C=O) groups is 2. The van der Waals surface area contributed by atoms with Gasteiger partial charge < -0.3 is 14.2 Å². The zero-order valence-corrected chi connectivity index (χ0v) is 16.8. The molecule has 0 unspecified atom stereocenters. The number of rotatable bonds is 6. The van der Waals surface area contributed by atoms with Gasteiger partial charge in [-0.25, -0.2) is 4.79 Å². The summed E-state index contributed by atoms with van der Waals surface area (Å²) >= 11 is 0. The second-order valence-electron chi connectivity index (χ2n) is 9.79. The zero-order valence-electron chi connectivity index (χ0n) is 16.8. The second kappa shape index (κ2) is 5.24. The number of fused-ring (bicyclic) bond motifs is 3. The second-order valence-corrected chi connectivity index (χ2v) is 9.79. The first-order chi connectivity index (χ1) is 12.1. The lowest BCUT2D eigenvalue weighted by atomic mass is 9.66. The number of ether oxygens (including phenoxy) is 3. The van der Waals surface area contributed by atoms with Crippen molar-refractivity contribution in [2.75, 3.05) is 0 Å². The van der Waals surface area contributed by atoms with Crippen LogP contribution in [0, 0.1) is 10.8 Å². The Morgan fingerprint density at radius 2 is 1.88 bits per heavy atom. The third-order valence-corrected chi connectivity index (χ3v) is 8.48. The number of esters is 2. The van der Waals surface area contributed by atoms with E-state index in [9.17, 15) is 9.59 Å². The Labute approximate surface area is 156 Å². The van der Waals surface area contributed by atoms with Gasteiger partial charge in [0.15, 0.2) is 0 Å². The van der Waals surface area contributed by atoms with E-state index in [1.165, 1.54) is 0 Å². The Hall–Kier alpha value is -1.10. The molecule has 0 radical (unpaired) electrons. The first kappa shape index (κ1) is 18.3. The van der Waals surface area contributed by atoms with E-state index in [-0.39, 0.29) is 29.2 Å². The van der Waals surface area contributed by atoms with Gasteiger partial charge in [-0.2, -0.15) is 0 Å². The topological polar surface area (TPSA) is 65.1 Å². The number of hydrogen-bond donors (Lipinski definition) is 0. The maximum atomic E-state index is 13.3. The molecule has 4 rings (SSSR count). The fourth-order valence-corrected chi connectivity index (χ4v) is 5.88. The highest BCUT2D eigenvalue weighted by Gasteiger charge is 2.79. The van der Waals surface area contributed by atoms with Crippen LogP contribution in [0.25, 0.3) is 0 Å². The molecule has 5 heteroatoms. The number of unbranched alkanes of at least 4 members (excludes halogenated alkanes) is 2. The van der Waals surface area contributed by atoms with E-state index in [0.29, 0.717) is 12.8 Å². The molecule has 4 fully saturated rings. The zero-order chi connectivity index (χ0) is 19.0. The summed E-state index contributed by atoms with van der Waals surface area (Å²) in [5.74, 6) is -0.626. The summed E-state index contributed by atoms with van der Waals surface area (Å²) in [4.78, 5) is 25.7. The summed E-state index contributed by atoms with van der Waals surface area (Å²) in [6, 6.07) is 0. The molecule has 0 spiro atoms. The molecule has 2 heterocycles. The Morgan fingerprint density at radius 1 is 1.15 bits per heavy atom. The average Bonchev–Trinajstić information content (AvgIpc) is 2.95. The summed E-state index contributed by atoms with van der Waals surface area (Å²) in [5.41, 5.74) is -2.79. The fraction of sp³-hybridized carbons (Fsp3) is 0.905. The highest BCUT2D eigenvalue weighted by atomic mass is 16.7. The molecule has 0 aromatic rings. The van der Waals surface area contributed by atoms with Crippen molar-refractivity contribution >= 4 is 11.9 Å². The van der Waals surface area contributed by atoms with E-state index in [2.05, 4.69) is 13.8 Å². The average molecular weight is 364 g/mol. The SMILES string of the molecule is CCCCC[C@@]12O[C@]1(C)CC[C@H]2OC(=O)[C@@]12CC[C@](C)(C(=O)O1)C2(C)C. The first-order valence-electron chi connectivity index (χ1n) is 10.2. The van der Waals surface area contributed by atoms with Gasteiger partial charge in [-0.3, -0.25) is 4.79 Å². The minimum atomic E-state index is -1.14. The fourth-order valence-electron chi connectivity index (χ4n) is 5.88. The van der Waals surface area contributed by atoms with Crippen molar-refractivity contribution in [1.82, 2.24) is 0 Å². The summed E-state index contributed by atoms with van der Waals surface area (Å²) < 4.78 is 17.9. The van der Waals surface area contributed by atoms with E-state index in [1.807, 2.05) is 20.8 Å². The Morgan fingerprint density at radius 3 is 2.42 bits per heavy atom. The van der Waals surface area contributed by atoms with Crippen LogP contribution in [0.15, 0.2) is 0 Å². The summed E-state index contributed by atoms with van der Waals surface area (Å²) in [6.07, 6.45) is 7.09. The lowest BCUT2D eigenvalue weighted by molar-refractivity contribution is -0.189. The minimum Gasteiger partial charge on any atom is -0.456 e. The molecular weight excluding hydrogens is 332 g/mol. The van der Waals surface area contributed by atoms with E-state index < -0.39 is 16.4 Å². The summed E-state index contributed by atoms with van der Waals surface area (Å²) in [5, 5.41) is 0. The largest absolute Gasteiger partial charge is 0.456 e. The van der Waals surface area contributed by atoms with Crippen molar-refractivity contribution in [2.45, 2.75) is 109 Å². The molecule has 0 aromatic heterocycles. The van der Waals surface area contributed by atoms with Crippen LogP contribution in [-0.4, -0.2) is 34.8 Å². The van der Waals surface area contributed by atoms with Crippen LogP contribution in [0.1, 0.15) is 86.0 Å². The lowest BCUT2D eigenvalue weighted by Gasteiger charge is -2.36. The lowest BCUT2D eigenvalue weighted by Crippen LogP contribution is -2.51. The molecular formula is C21H32O5. The van der Waals surface area contributed by atoms with Crippen molar-refractivity contribution in [3.05, 3.63) is 0 Å². The van der Waals surface area contributed by atoms with Crippen molar-refractivity contribution in [1.29, 1.82) is 0 Å². The Balaban J connectivity index is 1.53. The van der Waals surface area contributed by atoms with Gasteiger partial charge in [-0.1, -0.05) is 40.0 Å². The number of hydrogen-bond acceptors (Lipinski definition) is 5.